The van der Waals surface area contributed by atoms with E-state index in [-0.39, 0.29) is 6.04 Å². The molecule has 3 N–H and O–H groups in total. The second kappa shape index (κ2) is 6.22. The molecule has 0 bridgehead atoms. The minimum Gasteiger partial charge on any atom is -0.388 e. The average Bonchev–Trinajstić information content (AvgIpc) is 2.46. The van der Waals surface area contributed by atoms with E-state index in [4.69, 9.17) is 5.73 Å². The van der Waals surface area contributed by atoms with Crippen LogP contribution in [0, 0.1) is 5.92 Å². The van der Waals surface area contributed by atoms with Gasteiger partial charge in [0, 0.05) is 18.8 Å². The highest BCUT2D eigenvalue weighted by atomic mass is 14.8. The fourth-order valence-corrected chi connectivity index (χ4v) is 2.14. The van der Waals surface area contributed by atoms with Crippen molar-refractivity contribution >= 4 is 5.70 Å². The summed E-state index contributed by atoms with van der Waals surface area (Å²) >= 11 is 0. The second-order valence-corrected chi connectivity index (χ2v) is 4.49. The number of benzene rings is 1. The molecule has 1 aliphatic rings. The van der Waals surface area contributed by atoms with Crippen molar-refractivity contribution in [3.05, 3.63) is 66.3 Å². The Kier molecular flexibility index (Phi) is 4.37. The standard InChI is InChI=1S/C16H20N2/c1-18-16(14-10-6-3-7-11-14)12-15(17)13-8-4-2-5-9-13/h2-8,10-13,15,18H,9,17H2,1H3/b16-12-. The van der Waals surface area contributed by atoms with Crippen molar-refractivity contribution in [2.24, 2.45) is 11.7 Å². The topological polar surface area (TPSA) is 38.0 Å². The van der Waals surface area contributed by atoms with Gasteiger partial charge >= 0.3 is 0 Å². The Morgan fingerprint density at radius 3 is 2.72 bits per heavy atom. The van der Waals surface area contributed by atoms with Gasteiger partial charge in [0.25, 0.3) is 0 Å². The number of hydrogen-bond acceptors (Lipinski definition) is 2. The number of nitrogens with two attached hydrogens (primary N) is 1. The third-order valence-corrected chi connectivity index (χ3v) is 3.22. The highest BCUT2D eigenvalue weighted by Crippen LogP contribution is 2.18. The highest BCUT2D eigenvalue weighted by Gasteiger charge is 2.13. The first kappa shape index (κ1) is 12.7. The van der Waals surface area contributed by atoms with Crippen LogP contribution in [0.2, 0.25) is 0 Å². The molecule has 0 heterocycles. The van der Waals surface area contributed by atoms with E-state index >= 15 is 0 Å². The van der Waals surface area contributed by atoms with Gasteiger partial charge in [-0.1, -0.05) is 54.6 Å². The summed E-state index contributed by atoms with van der Waals surface area (Å²) in [7, 11) is 1.93. The lowest BCUT2D eigenvalue weighted by molar-refractivity contribution is 0.579. The van der Waals surface area contributed by atoms with Crippen LogP contribution in [0.1, 0.15) is 12.0 Å². The average molecular weight is 240 g/mol. The van der Waals surface area contributed by atoms with Gasteiger partial charge in [0.1, 0.15) is 0 Å². The number of nitrogens with one attached hydrogen (secondary N) is 1. The molecule has 2 nitrogen and oxygen atoms in total. The highest BCUT2D eigenvalue weighted by molar-refractivity contribution is 5.64. The Morgan fingerprint density at radius 2 is 2.11 bits per heavy atom. The van der Waals surface area contributed by atoms with Gasteiger partial charge in [-0.25, -0.2) is 0 Å². The van der Waals surface area contributed by atoms with Crippen molar-refractivity contribution in [3.63, 3.8) is 0 Å². The Hall–Kier alpha value is -1.80. The van der Waals surface area contributed by atoms with E-state index in [1.165, 1.54) is 5.56 Å². The molecule has 0 saturated heterocycles. The lowest BCUT2D eigenvalue weighted by Gasteiger charge is -2.19. The molecule has 2 rings (SSSR count). The van der Waals surface area contributed by atoms with Gasteiger partial charge in [-0.3, -0.25) is 0 Å². The van der Waals surface area contributed by atoms with Gasteiger partial charge in [0.15, 0.2) is 0 Å². The maximum Gasteiger partial charge on any atom is 0.0386 e. The summed E-state index contributed by atoms with van der Waals surface area (Å²) in [4.78, 5) is 0. The molecule has 1 aromatic rings. The van der Waals surface area contributed by atoms with E-state index in [2.05, 4.69) is 47.8 Å². The summed E-state index contributed by atoms with van der Waals surface area (Å²) in [6.07, 6.45) is 11.6. The first-order valence-corrected chi connectivity index (χ1v) is 6.35. The van der Waals surface area contributed by atoms with Crippen LogP contribution in [-0.2, 0) is 0 Å². The van der Waals surface area contributed by atoms with Crippen molar-refractivity contribution in [2.45, 2.75) is 12.5 Å². The lowest BCUT2D eigenvalue weighted by atomic mass is 9.92. The van der Waals surface area contributed by atoms with Crippen LogP contribution in [0.5, 0.6) is 0 Å². The summed E-state index contributed by atoms with van der Waals surface area (Å²) in [5.41, 5.74) is 8.52. The Morgan fingerprint density at radius 1 is 1.33 bits per heavy atom. The number of hydrogen-bond donors (Lipinski definition) is 2. The summed E-state index contributed by atoms with van der Waals surface area (Å²) < 4.78 is 0. The normalized spacial score (nSPS) is 20.8. The molecule has 0 fully saturated rings. The molecule has 94 valence electrons. The van der Waals surface area contributed by atoms with Gasteiger partial charge in [-0.05, 0) is 24.0 Å². The maximum atomic E-state index is 6.26. The molecular formula is C16H20N2. The van der Waals surface area contributed by atoms with E-state index in [1.807, 2.05) is 25.2 Å². The maximum absolute atomic E-state index is 6.26. The molecular weight excluding hydrogens is 220 g/mol. The zero-order chi connectivity index (χ0) is 12.8. The van der Waals surface area contributed by atoms with Crippen molar-refractivity contribution in [3.8, 4) is 0 Å². The SMILES string of the molecule is CN/C(=C\C(N)C1C=CC=CC1)c1ccccc1. The van der Waals surface area contributed by atoms with E-state index in [1.54, 1.807) is 0 Å². The van der Waals surface area contributed by atoms with Crippen LogP contribution in [-0.4, -0.2) is 13.1 Å². The smallest absolute Gasteiger partial charge is 0.0386 e. The van der Waals surface area contributed by atoms with E-state index < -0.39 is 0 Å². The Balaban J connectivity index is 2.14. The molecule has 2 unspecified atom stereocenters. The molecule has 18 heavy (non-hydrogen) atoms. The van der Waals surface area contributed by atoms with Gasteiger partial charge in [-0.15, -0.1) is 0 Å². The Bertz CT molecular complexity index is 457. The molecule has 0 amide bonds. The van der Waals surface area contributed by atoms with Crippen molar-refractivity contribution in [1.82, 2.24) is 5.32 Å². The fourth-order valence-electron chi connectivity index (χ4n) is 2.14. The largest absolute Gasteiger partial charge is 0.388 e. The monoisotopic (exact) mass is 240 g/mol. The van der Waals surface area contributed by atoms with E-state index in [0.29, 0.717) is 5.92 Å². The first-order valence-electron chi connectivity index (χ1n) is 6.35. The van der Waals surface area contributed by atoms with Gasteiger partial charge < -0.3 is 11.1 Å². The quantitative estimate of drug-likeness (QED) is 0.849. The minimum absolute atomic E-state index is 0.0360. The van der Waals surface area contributed by atoms with Gasteiger partial charge in [-0.2, -0.15) is 0 Å². The second-order valence-electron chi connectivity index (χ2n) is 4.49. The Labute approximate surface area is 109 Å². The number of allylic oxidation sites excluding steroid dienone is 3. The molecule has 0 saturated carbocycles. The van der Waals surface area contributed by atoms with E-state index in [9.17, 15) is 0 Å². The molecule has 1 aliphatic carbocycles. The third-order valence-electron chi connectivity index (χ3n) is 3.22. The molecule has 0 radical (unpaired) electrons. The first-order chi connectivity index (χ1) is 8.81. The summed E-state index contributed by atoms with van der Waals surface area (Å²) in [6, 6.07) is 10.3. The third kappa shape index (κ3) is 3.11. The van der Waals surface area contributed by atoms with Crippen LogP contribution in [0.25, 0.3) is 5.70 Å². The summed E-state index contributed by atoms with van der Waals surface area (Å²) in [6.45, 7) is 0. The van der Waals surface area contributed by atoms with Gasteiger partial charge in [0.2, 0.25) is 0 Å². The zero-order valence-corrected chi connectivity index (χ0v) is 10.7. The fraction of sp³-hybridized carbons (Fsp3) is 0.250. The predicted molar refractivity (Wildman–Crippen MR) is 77.8 cm³/mol. The molecule has 2 atom stereocenters. The minimum atomic E-state index is 0.0360. The van der Waals surface area contributed by atoms with Crippen LogP contribution in [0.4, 0.5) is 0 Å². The molecule has 1 aromatic carbocycles. The lowest BCUT2D eigenvalue weighted by Crippen LogP contribution is -2.28. The van der Waals surface area contributed by atoms with Gasteiger partial charge in [0.05, 0.1) is 0 Å². The van der Waals surface area contributed by atoms with Crippen LogP contribution < -0.4 is 11.1 Å². The van der Waals surface area contributed by atoms with Crippen molar-refractivity contribution in [1.29, 1.82) is 0 Å². The van der Waals surface area contributed by atoms with Crippen LogP contribution >= 0.6 is 0 Å². The number of rotatable bonds is 4. The van der Waals surface area contributed by atoms with Crippen LogP contribution in [0.15, 0.2) is 60.7 Å². The van der Waals surface area contributed by atoms with Crippen LogP contribution in [0.3, 0.4) is 0 Å². The predicted octanol–water partition coefficient (Wildman–Crippen LogP) is 2.71. The molecule has 0 aromatic heterocycles. The molecule has 0 aliphatic heterocycles. The summed E-state index contributed by atoms with van der Waals surface area (Å²) in [5, 5.41) is 3.23. The van der Waals surface area contributed by atoms with Crippen molar-refractivity contribution in [2.75, 3.05) is 7.05 Å². The molecule has 2 heteroatoms. The van der Waals surface area contributed by atoms with Crippen molar-refractivity contribution < 1.29 is 0 Å². The summed E-state index contributed by atoms with van der Waals surface area (Å²) in [5.74, 6) is 0.391. The molecule has 0 spiro atoms. The van der Waals surface area contributed by atoms with E-state index in [0.717, 1.165) is 12.1 Å². The zero-order valence-electron chi connectivity index (χ0n) is 10.7.